The first-order chi connectivity index (χ1) is 18.3. The van der Waals surface area contributed by atoms with Crippen molar-refractivity contribution in [3.8, 4) is 0 Å². The Morgan fingerprint density at radius 2 is 1.18 bits per heavy atom. The highest BCUT2D eigenvalue weighted by Gasteiger charge is 2.51. The van der Waals surface area contributed by atoms with Crippen molar-refractivity contribution in [2.75, 3.05) is 10.0 Å². The first-order valence-electron chi connectivity index (χ1n) is 13.0. The summed E-state index contributed by atoms with van der Waals surface area (Å²) < 4.78 is 0. The van der Waals surface area contributed by atoms with Crippen LogP contribution in [0.3, 0.4) is 0 Å². The van der Waals surface area contributed by atoms with Gasteiger partial charge in [0.25, 0.3) is 11.8 Å². The summed E-state index contributed by atoms with van der Waals surface area (Å²) >= 11 is 6.44. The molecule has 0 spiro atoms. The van der Waals surface area contributed by atoms with E-state index in [1.165, 1.54) is 10.0 Å². The molecule has 0 aliphatic carbocycles. The molecule has 0 saturated heterocycles. The normalized spacial score (nSPS) is 20.1. The molecular weight excluding hydrogens is 496 g/mol. The molecule has 2 amide bonds. The van der Waals surface area contributed by atoms with Gasteiger partial charge in [-0.05, 0) is 68.7 Å². The summed E-state index contributed by atoms with van der Waals surface area (Å²) in [5.74, 6) is -2.04. The largest absolute Gasteiger partial charge is 0.272 e. The Labute approximate surface area is 228 Å². The zero-order chi connectivity index (χ0) is 27.0. The maximum atomic E-state index is 14.1. The molecule has 0 radical (unpaired) electrons. The minimum atomic E-state index is -0.622. The summed E-state index contributed by atoms with van der Waals surface area (Å²) in [5, 5.41) is 13.1. The minimum absolute atomic E-state index is 0.146. The quantitative estimate of drug-likeness (QED) is 0.336. The number of anilines is 2. The number of aryl methyl sites for hydroxylation is 2. The van der Waals surface area contributed by atoms with Gasteiger partial charge in [-0.25, -0.2) is 10.0 Å². The predicted octanol–water partition coefficient (Wildman–Crippen LogP) is 6.90. The average molecular weight is 527 g/mol. The van der Waals surface area contributed by atoms with Crippen molar-refractivity contribution in [1.29, 1.82) is 0 Å². The summed E-state index contributed by atoms with van der Waals surface area (Å²) in [5.41, 5.74) is 5.95. The SMILES string of the molecule is CCC1=NN(c2ccc(C)cc2)C(=O)C1C(c1cccc(Cl)c1)C1C(=O)N(c2ccc(C)cc2)N=C1CC. The van der Waals surface area contributed by atoms with Gasteiger partial charge in [0, 0.05) is 10.9 Å². The summed E-state index contributed by atoms with van der Waals surface area (Å²) in [6.07, 6.45) is 1.16. The van der Waals surface area contributed by atoms with Crippen LogP contribution in [0.15, 0.2) is 83.0 Å². The fraction of sp³-hybridized carbons (Fsp3) is 0.290. The summed E-state index contributed by atoms with van der Waals surface area (Å²) in [7, 11) is 0. The fourth-order valence-corrected chi connectivity index (χ4v) is 5.56. The lowest BCUT2D eigenvalue weighted by Crippen LogP contribution is -2.40. The Hall–Kier alpha value is -3.77. The van der Waals surface area contributed by atoms with E-state index in [-0.39, 0.29) is 11.8 Å². The molecule has 3 aromatic carbocycles. The first kappa shape index (κ1) is 25.9. The van der Waals surface area contributed by atoms with Gasteiger partial charge in [-0.1, -0.05) is 73.0 Å². The fourth-order valence-electron chi connectivity index (χ4n) is 5.36. The van der Waals surface area contributed by atoms with Crippen molar-refractivity contribution < 1.29 is 9.59 Å². The molecule has 2 unspecified atom stereocenters. The maximum absolute atomic E-state index is 14.1. The molecule has 2 aliphatic heterocycles. The van der Waals surface area contributed by atoms with Gasteiger partial charge in [-0.3, -0.25) is 9.59 Å². The van der Waals surface area contributed by atoms with Crippen LogP contribution in [-0.4, -0.2) is 23.2 Å². The number of nitrogens with zero attached hydrogens (tertiary/aromatic N) is 4. The van der Waals surface area contributed by atoms with Gasteiger partial charge >= 0.3 is 0 Å². The second-order valence-electron chi connectivity index (χ2n) is 9.90. The molecule has 6 nitrogen and oxygen atoms in total. The lowest BCUT2D eigenvalue weighted by Gasteiger charge is -2.29. The van der Waals surface area contributed by atoms with Gasteiger partial charge < -0.3 is 0 Å². The van der Waals surface area contributed by atoms with Crippen LogP contribution in [0, 0.1) is 25.7 Å². The van der Waals surface area contributed by atoms with Gasteiger partial charge in [0.1, 0.15) is 0 Å². The molecule has 0 saturated carbocycles. The molecule has 2 aliphatic rings. The van der Waals surface area contributed by atoms with E-state index in [0.717, 1.165) is 28.1 Å². The highest BCUT2D eigenvalue weighted by molar-refractivity contribution is 6.30. The number of hydrazone groups is 2. The molecule has 0 bridgehead atoms. The Morgan fingerprint density at radius 3 is 1.58 bits per heavy atom. The van der Waals surface area contributed by atoms with Crippen LogP contribution in [0.5, 0.6) is 0 Å². The van der Waals surface area contributed by atoms with Crippen molar-refractivity contribution in [2.24, 2.45) is 22.0 Å². The van der Waals surface area contributed by atoms with Crippen LogP contribution >= 0.6 is 11.6 Å². The van der Waals surface area contributed by atoms with Crippen LogP contribution < -0.4 is 10.0 Å². The molecule has 0 fully saturated rings. The predicted molar refractivity (Wildman–Crippen MR) is 154 cm³/mol. The van der Waals surface area contributed by atoms with Crippen molar-refractivity contribution in [3.05, 3.63) is 94.5 Å². The maximum Gasteiger partial charge on any atom is 0.256 e. The van der Waals surface area contributed by atoms with E-state index in [9.17, 15) is 9.59 Å². The lowest BCUT2D eigenvalue weighted by molar-refractivity contribution is -0.122. The van der Waals surface area contributed by atoms with Crippen molar-refractivity contribution >= 4 is 46.2 Å². The standard InChI is InChI=1S/C31H31ClN4O2/c1-5-25-28(30(37)35(33-25)23-14-10-19(3)11-15-23)27(21-8-7-9-22(32)18-21)29-26(6-2)34-36(31(29)38)24-16-12-20(4)13-17-24/h7-18,27-29H,5-6H2,1-4H3. The highest BCUT2D eigenvalue weighted by atomic mass is 35.5. The number of carbonyl (C=O) groups excluding carboxylic acids is 2. The topological polar surface area (TPSA) is 65.3 Å². The van der Waals surface area contributed by atoms with Crippen molar-refractivity contribution in [1.82, 2.24) is 0 Å². The number of benzene rings is 3. The van der Waals surface area contributed by atoms with E-state index < -0.39 is 17.8 Å². The molecule has 194 valence electrons. The van der Waals surface area contributed by atoms with Crippen molar-refractivity contribution in [2.45, 2.75) is 46.5 Å². The number of halogens is 1. The monoisotopic (exact) mass is 526 g/mol. The van der Waals surface area contributed by atoms with Crippen LogP contribution in [0.25, 0.3) is 0 Å². The summed E-state index contributed by atoms with van der Waals surface area (Å²) in [4.78, 5) is 28.2. The van der Waals surface area contributed by atoms with Crippen molar-refractivity contribution in [3.63, 3.8) is 0 Å². The minimum Gasteiger partial charge on any atom is -0.272 e. The molecule has 5 rings (SSSR count). The Morgan fingerprint density at radius 1 is 0.737 bits per heavy atom. The molecular formula is C31H31ClN4O2. The molecule has 7 heteroatoms. The van der Waals surface area contributed by atoms with Gasteiger partial charge in [-0.15, -0.1) is 0 Å². The number of carbonyl (C=O) groups is 2. The highest BCUT2D eigenvalue weighted by Crippen LogP contribution is 2.44. The number of amides is 2. The Balaban J connectivity index is 1.61. The molecule has 38 heavy (non-hydrogen) atoms. The van der Waals surface area contributed by atoms with E-state index >= 15 is 0 Å². The lowest BCUT2D eigenvalue weighted by atomic mass is 9.72. The summed E-state index contributed by atoms with van der Waals surface area (Å²) in [6.45, 7) is 8.00. The number of hydrogen-bond donors (Lipinski definition) is 0. The van der Waals surface area contributed by atoms with Crippen LogP contribution in [-0.2, 0) is 9.59 Å². The van der Waals surface area contributed by atoms with E-state index in [1.54, 1.807) is 6.07 Å². The van der Waals surface area contributed by atoms with Crippen LogP contribution in [0.4, 0.5) is 11.4 Å². The van der Waals surface area contributed by atoms with E-state index in [0.29, 0.717) is 29.2 Å². The molecule has 2 atom stereocenters. The number of hydrogen-bond acceptors (Lipinski definition) is 4. The van der Waals surface area contributed by atoms with Crippen LogP contribution in [0.2, 0.25) is 5.02 Å². The van der Waals surface area contributed by atoms with Gasteiger partial charge in [0.15, 0.2) is 0 Å². The second kappa shape index (κ2) is 10.5. The molecule has 3 aromatic rings. The van der Waals surface area contributed by atoms with E-state index in [4.69, 9.17) is 21.8 Å². The zero-order valence-corrected chi connectivity index (χ0v) is 22.8. The number of rotatable bonds is 7. The molecule has 2 heterocycles. The van der Waals surface area contributed by atoms with Gasteiger partial charge in [-0.2, -0.15) is 10.2 Å². The third-order valence-electron chi connectivity index (χ3n) is 7.36. The Bertz CT molecular complexity index is 1340. The van der Waals surface area contributed by atoms with Gasteiger partial charge in [0.2, 0.25) is 0 Å². The Kier molecular flexibility index (Phi) is 7.17. The molecule has 0 N–H and O–H groups in total. The van der Waals surface area contributed by atoms with E-state index in [2.05, 4.69) is 0 Å². The second-order valence-corrected chi connectivity index (χ2v) is 10.3. The summed E-state index contributed by atoms with van der Waals surface area (Å²) in [6, 6.07) is 22.9. The zero-order valence-electron chi connectivity index (χ0n) is 22.1. The van der Waals surface area contributed by atoms with Gasteiger partial charge in [0.05, 0.1) is 34.6 Å². The molecule has 0 aromatic heterocycles. The average Bonchev–Trinajstić information content (AvgIpc) is 3.42. The van der Waals surface area contributed by atoms with Crippen LogP contribution in [0.1, 0.15) is 49.3 Å². The third kappa shape index (κ3) is 4.65. The van der Waals surface area contributed by atoms with E-state index in [1.807, 2.05) is 94.4 Å². The third-order valence-corrected chi connectivity index (χ3v) is 7.59. The smallest absolute Gasteiger partial charge is 0.256 e. The first-order valence-corrected chi connectivity index (χ1v) is 13.4.